The van der Waals surface area contributed by atoms with Crippen LogP contribution in [0.3, 0.4) is 0 Å². The summed E-state index contributed by atoms with van der Waals surface area (Å²) in [6.07, 6.45) is 3.34. The Hall–Kier alpha value is -0.520. The quantitative estimate of drug-likeness (QED) is 0.552. The normalized spacial score (nSPS) is 23.6. The highest BCUT2D eigenvalue weighted by Crippen LogP contribution is 2.33. The Morgan fingerprint density at radius 1 is 1.18 bits per heavy atom. The fraction of sp³-hybridized carbons (Fsp3) is 0.867. The first-order chi connectivity index (χ1) is 7.90. The van der Waals surface area contributed by atoms with Gasteiger partial charge in [0.1, 0.15) is 0 Å². The van der Waals surface area contributed by atoms with Crippen LogP contribution < -0.4 is 0 Å². The molecule has 1 heterocycles. The van der Waals surface area contributed by atoms with Gasteiger partial charge in [0, 0.05) is 11.8 Å². The van der Waals surface area contributed by atoms with E-state index in [9.17, 15) is 0 Å². The monoisotopic (exact) mass is 238 g/mol. The van der Waals surface area contributed by atoms with Crippen molar-refractivity contribution in [1.82, 2.24) is 0 Å². The molecule has 0 saturated carbocycles. The second-order valence-corrected chi connectivity index (χ2v) is 5.90. The summed E-state index contributed by atoms with van der Waals surface area (Å²) in [6, 6.07) is 0. The number of ether oxygens (including phenoxy) is 2. The molecule has 0 bridgehead atoms. The molecule has 1 fully saturated rings. The van der Waals surface area contributed by atoms with Crippen molar-refractivity contribution in [3.05, 3.63) is 0 Å². The van der Waals surface area contributed by atoms with Crippen LogP contribution >= 0.6 is 0 Å². The highest BCUT2D eigenvalue weighted by Gasteiger charge is 2.40. The molecule has 1 rings (SSSR count). The first-order valence-electron chi connectivity index (χ1n) is 6.66. The Balaban J connectivity index is 2.50. The lowest BCUT2D eigenvalue weighted by Crippen LogP contribution is -2.49. The standard InChI is InChI=1S/C15H26O2/c1-6-7-8-9-10-13(2)15(5)16-11-14(3,4)12-17-15/h13H,6-8,11-12H2,1-5H3/t13-/m1/s1. The molecule has 98 valence electrons. The molecular formula is C15H26O2. The van der Waals surface area contributed by atoms with E-state index in [0.717, 1.165) is 19.6 Å². The zero-order chi connectivity index (χ0) is 12.9. The largest absolute Gasteiger partial charge is 0.348 e. The van der Waals surface area contributed by atoms with Gasteiger partial charge in [0.05, 0.1) is 19.1 Å². The van der Waals surface area contributed by atoms with Crippen LogP contribution in [0.2, 0.25) is 0 Å². The summed E-state index contributed by atoms with van der Waals surface area (Å²) in [7, 11) is 0. The summed E-state index contributed by atoms with van der Waals surface area (Å²) >= 11 is 0. The van der Waals surface area contributed by atoms with Crippen molar-refractivity contribution in [2.24, 2.45) is 11.3 Å². The van der Waals surface area contributed by atoms with Gasteiger partial charge in [-0.15, -0.1) is 5.92 Å². The zero-order valence-corrected chi connectivity index (χ0v) is 11.9. The minimum Gasteiger partial charge on any atom is -0.348 e. The minimum atomic E-state index is -0.533. The molecule has 0 aromatic heterocycles. The molecule has 1 aliphatic rings. The molecule has 2 nitrogen and oxygen atoms in total. The Labute approximate surface area is 106 Å². The van der Waals surface area contributed by atoms with Crippen LogP contribution in [-0.2, 0) is 9.47 Å². The lowest BCUT2D eigenvalue weighted by molar-refractivity contribution is -0.302. The van der Waals surface area contributed by atoms with E-state index in [4.69, 9.17) is 9.47 Å². The summed E-state index contributed by atoms with van der Waals surface area (Å²) in [4.78, 5) is 0. The van der Waals surface area contributed by atoms with Crippen molar-refractivity contribution in [2.75, 3.05) is 13.2 Å². The third-order valence-electron chi connectivity index (χ3n) is 3.26. The van der Waals surface area contributed by atoms with Gasteiger partial charge in [-0.25, -0.2) is 0 Å². The fourth-order valence-electron chi connectivity index (χ4n) is 1.63. The third-order valence-corrected chi connectivity index (χ3v) is 3.26. The summed E-state index contributed by atoms with van der Waals surface area (Å²) in [5.74, 6) is 6.06. The third kappa shape index (κ3) is 4.33. The molecule has 1 atom stereocenters. The molecule has 0 radical (unpaired) electrons. The summed E-state index contributed by atoms with van der Waals surface area (Å²) in [6.45, 7) is 12.1. The van der Waals surface area contributed by atoms with Gasteiger partial charge in [-0.05, 0) is 20.3 Å². The van der Waals surface area contributed by atoms with Crippen molar-refractivity contribution < 1.29 is 9.47 Å². The van der Waals surface area contributed by atoms with Gasteiger partial charge >= 0.3 is 0 Å². The second-order valence-electron chi connectivity index (χ2n) is 5.90. The van der Waals surface area contributed by atoms with Crippen LogP contribution in [-0.4, -0.2) is 19.0 Å². The van der Waals surface area contributed by atoms with Gasteiger partial charge in [0.2, 0.25) is 0 Å². The van der Waals surface area contributed by atoms with Crippen LogP contribution in [0.1, 0.15) is 53.9 Å². The maximum Gasteiger partial charge on any atom is 0.178 e. The molecule has 0 aromatic rings. The van der Waals surface area contributed by atoms with Gasteiger partial charge in [-0.2, -0.15) is 0 Å². The Morgan fingerprint density at radius 3 is 2.29 bits per heavy atom. The maximum absolute atomic E-state index is 5.87. The number of unbranched alkanes of at least 4 members (excludes halogenated alkanes) is 2. The van der Waals surface area contributed by atoms with E-state index < -0.39 is 5.79 Å². The maximum atomic E-state index is 5.87. The van der Waals surface area contributed by atoms with Gasteiger partial charge in [-0.1, -0.05) is 33.1 Å². The lowest BCUT2D eigenvalue weighted by atomic mass is 9.92. The van der Waals surface area contributed by atoms with Crippen molar-refractivity contribution in [1.29, 1.82) is 0 Å². The van der Waals surface area contributed by atoms with Crippen LogP contribution in [0.15, 0.2) is 0 Å². The van der Waals surface area contributed by atoms with Crippen LogP contribution in [0.4, 0.5) is 0 Å². The van der Waals surface area contributed by atoms with E-state index in [0.29, 0.717) is 0 Å². The van der Waals surface area contributed by atoms with Gasteiger partial charge in [0.25, 0.3) is 0 Å². The average molecular weight is 238 g/mol. The molecular weight excluding hydrogens is 212 g/mol. The second kappa shape index (κ2) is 5.89. The topological polar surface area (TPSA) is 18.5 Å². The predicted octanol–water partition coefficient (Wildman–Crippen LogP) is 3.61. The van der Waals surface area contributed by atoms with E-state index in [2.05, 4.69) is 39.5 Å². The van der Waals surface area contributed by atoms with E-state index in [1.807, 2.05) is 6.92 Å². The number of hydrogen-bond donors (Lipinski definition) is 0. The van der Waals surface area contributed by atoms with E-state index in [-0.39, 0.29) is 11.3 Å². The SMILES string of the molecule is CCCCC#C[C@@H](C)C1(C)OCC(C)(C)CO1. The van der Waals surface area contributed by atoms with Crippen molar-refractivity contribution in [3.8, 4) is 11.8 Å². The summed E-state index contributed by atoms with van der Waals surface area (Å²) in [5, 5.41) is 0. The zero-order valence-electron chi connectivity index (χ0n) is 11.9. The molecule has 1 saturated heterocycles. The smallest absolute Gasteiger partial charge is 0.178 e. The first kappa shape index (κ1) is 14.5. The fourth-order valence-corrected chi connectivity index (χ4v) is 1.63. The summed E-state index contributed by atoms with van der Waals surface area (Å²) in [5.41, 5.74) is 0.120. The number of hydrogen-bond acceptors (Lipinski definition) is 2. The Bertz CT molecular complexity index is 286. The van der Waals surface area contributed by atoms with Crippen LogP contribution in [0, 0.1) is 23.2 Å². The highest BCUT2D eigenvalue weighted by molar-refractivity contribution is 5.06. The van der Waals surface area contributed by atoms with Crippen molar-refractivity contribution in [3.63, 3.8) is 0 Å². The Kier molecular flexibility index (Phi) is 5.04. The molecule has 17 heavy (non-hydrogen) atoms. The molecule has 0 amide bonds. The lowest BCUT2D eigenvalue weighted by Gasteiger charge is -2.43. The van der Waals surface area contributed by atoms with Crippen molar-refractivity contribution >= 4 is 0 Å². The molecule has 0 spiro atoms. The molecule has 2 heteroatoms. The molecule has 0 unspecified atom stereocenters. The summed E-state index contributed by atoms with van der Waals surface area (Å²) < 4.78 is 11.7. The van der Waals surface area contributed by atoms with E-state index in [1.54, 1.807) is 0 Å². The molecule has 0 N–H and O–H groups in total. The minimum absolute atomic E-state index is 0.120. The Morgan fingerprint density at radius 2 is 1.76 bits per heavy atom. The van der Waals surface area contributed by atoms with Crippen molar-refractivity contribution in [2.45, 2.75) is 59.7 Å². The van der Waals surface area contributed by atoms with Gasteiger partial charge < -0.3 is 9.47 Å². The average Bonchev–Trinajstić information content (AvgIpc) is 2.29. The van der Waals surface area contributed by atoms with Crippen LogP contribution in [0.5, 0.6) is 0 Å². The van der Waals surface area contributed by atoms with E-state index in [1.165, 1.54) is 12.8 Å². The van der Waals surface area contributed by atoms with E-state index >= 15 is 0 Å². The van der Waals surface area contributed by atoms with Crippen LogP contribution in [0.25, 0.3) is 0 Å². The number of rotatable bonds is 3. The first-order valence-corrected chi connectivity index (χ1v) is 6.66. The highest BCUT2D eigenvalue weighted by atomic mass is 16.7. The molecule has 0 aromatic carbocycles. The predicted molar refractivity (Wildman–Crippen MR) is 70.6 cm³/mol. The molecule has 0 aliphatic carbocycles. The van der Waals surface area contributed by atoms with Gasteiger partial charge in [0.15, 0.2) is 5.79 Å². The molecule has 1 aliphatic heterocycles. The van der Waals surface area contributed by atoms with Gasteiger partial charge in [-0.3, -0.25) is 0 Å².